The van der Waals surface area contributed by atoms with E-state index in [1.54, 1.807) is 18.9 Å². The number of benzene rings is 7. The number of unbranched alkanes of at least 4 members (excludes halogenated alkanes) is 1. The van der Waals surface area contributed by atoms with Crippen molar-refractivity contribution in [2.75, 3.05) is 19.5 Å². The van der Waals surface area contributed by atoms with Crippen molar-refractivity contribution in [2.45, 2.75) is 38.5 Å². The Hall–Kier alpha value is -5.95. The molecule has 0 bridgehead atoms. The Labute approximate surface area is 331 Å². The van der Waals surface area contributed by atoms with Crippen LogP contribution >= 0.6 is 11.8 Å². The number of phenolic OH excluding ortho intramolecular Hbond substituents is 2. The zero-order chi connectivity index (χ0) is 38.5. The third kappa shape index (κ3) is 6.01. The van der Waals surface area contributed by atoms with Gasteiger partial charge < -0.3 is 24.1 Å². The number of methoxy groups -OCH3 is 1. The molecule has 0 amide bonds. The fourth-order valence-electron chi connectivity index (χ4n) is 8.49. The van der Waals surface area contributed by atoms with Crippen LogP contribution < -0.4 is 0 Å². The predicted octanol–water partition coefficient (Wildman–Crippen LogP) is 13.1. The lowest BCUT2D eigenvalue weighted by Crippen LogP contribution is -2.00. The predicted molar refractivity (Wildman–Crippen MR) is 235 cm³/mol. The van der Waals surface area contributed by atoms with Gasteiger partial charge in [-0.1, -0.05) is 84.9 Å². The molecule has 56 heavy (non-hydrogen) atoms. The van der Waals surface area contributed by atoms with E-state index >= 15 is 0 Å². The molecule has 0 radical (unpaired) electrons. The Bertz CT molecular complexity index is 2660. The molecule has 5 nitrogen and oxygen atoms in total. The molecule has 2 aromatic heterocycles. The minimum Gasteiger partial charge on any atom is -0.505 e. The first kappa shape index (κ1) is 35.7. The van der Waals surface area contributed by atoms with Gasteiger partial charge in [-0.2, -0.15) is 0 Å². The Morgan fingerprint density at radius 3 is 1.23 bits per heavy atom. The molecular weight excluding hydrogens is 709 g/mol. The molecule has 9 aromatic rings. The normalized spacial score (nSPS) is 11.8. The maximum Gasteiger partial charge on any atom is 0.147 e. The summed E-state index contributed by atoms with van der Waals surface area (Å²) in [5.41, 5.74) is 12.2. The number of ether oxygens (including phenoxy) is 1. The number of hydrogen-bond donors (Lipinski definition) is 2. The summed E-state index contributed by atoms with van der Waals surface area (Å²) in [4.78, 5) is 1.02. The number of aryl methyl sites for hydroxylation is 3. The molecule has 0 saturated heterocycles. The fourth-order valence-corrected chi connectivity index (χ4v) is 9.69. The molecule has 0 aliphatic rings. The van der Waals surface area contributed by atoms with Crippen LogP contribution in [0.15, 0.2) is 138 Å². The molecule has 0 spiro atoms. The first-order valence-electron chi connectivity index (χ1n) is 19.3. The average Bonchev–Trinajstić information content (AvgIpc) is 3.72. The third-order valence-corrected chi connectivity index (χ3v) is 12.1. The lowest BCUT2D eigenvalue weighted by atomic mass is 9.93. The molecule has 7 aromatic carbocycles. The van der Waals surface area contributed by atoms with Gasteiger partial charge in [-0.3, -0.25) is 0 Å². The van der Waals surface area contributed by atoms with E-state index < -0.39 is 0 Å². The smallest absolute Gasteiger partial charge is 0.147 e. The first-order chi connectivity index (χ1) is 27.3. The maximum absolute atomic E-state index is 12.5. The van der Waals surface area contributed by atoms with E-state index in [0.717, 1.165) is 117 Å². The second-order valence-electron chi connectivity index (χ2n) is 14.8. The summed E-state index contributed by atoms with van der Waals surface area (Å²) >= 11 is 1.78. The quantitative estimate of drug-likeness (QED) is 0.108. The molecule has 0 saturated carbocycles. The zero-order valence-electron chi connectivity index (χ0n) is 32.1. The molecule has 6 heteroatoms. The molecular formula is C50H44N2O3S. The number of aromatic hydroxyl groups is 2. The Morgan fingerprint density at radius 2 is 0.839 bits per heavy atom. The number of para-hydroxylation sites is 4. The summed E-state index contributed by atoms with van der Waals surface area (Å²) in [5.74, 6) is 1.30. The summed E-state index contributed by atoms with van der Waals surface area (Å²) in [6.07, 6.45) is 1.91. The topological polar surface area (TPSA) is 59.5 Å². The van der Waals surface area contributed by atoms with E-state index in [1.165, 1.54) is 0 Å². The summed E-state index contributed by atoms with van der Waals surface area (Å²) in [6.45, 7) is 7.00. The summed E-state index contributed by atoms with van der Waals surface area (Å²) in [5, 5.41) is 29.7. The number of aromatic nitrogens is 2. The van der Waals surface area contributed by atoms with Crippen molar-refractivity contribution in [1.29, 1.82) is 0 Å². The van der Waals surface area contributed by atoms with E-state index in [-0.39, 0.29) is 11.5 Å². The SMILES string of the molecule is COCCCCSc1c(-c2cc(C)cc(-n3c4ccccc4c4ccccc43)c2O)cc(C)cc1-c1cc(C)cc(-n2c3ccccc3c3ccccc32)c1O. The van der Waals surface area contributed by atoms with Crippen LogP contribution in [-0.4, -0.2) is 38.8 Å². The molecule has 2 N–H and O–H groups in total. The van der Waals surface area contributed by atoms with E-state index in [9.17, 15) is 10.2 Å². The van der Waals surface area contributed by atoms with Crippen molar-refractivity contribution in [1.82, 2.24) is 9.13 Å². The van der Waals surface area contributed by atoms with E-state index in [4.69, 9.17) is 4.74 Å². The fraction of sp³-hybridized carbons (Fsp3) is 0.160. The number of phenols is 2. The van der Waals surface area contributed by atoms with E-state index in [2.05, 4.69) is 163 Å². The Morgan fingerprint density at radius 1 is 0.482 bits per heavy atom. The zero-order valence-corrected chi connectivity index (χ0v) is 33.0. The average molecular weight is 753 g/mol. The highest BCUT2D eigenvalue weighted by Crippen LogP contribution is 2.49. The van der Waals surface area contributed by atoms with Crippen LogP contribution in [0.2, 0.25) is 0 Å². The first-order valence-corrected chi connectivity index (χ1v) is 20.2. The molecule has 0 aliphatic carbocycles. The molecule has 9 rings (SSSR count). The lowest BCUT2D eigenvalue weighted by molar-refractivity contribution is 0.194. The van der Waals surface area contributed by atoms with Crippen molar-refractivity contribution >= 4 is 55.4 Å². The second-order valence-corrected chi connectivity index (χ2v) is 15.9. The van der Waals surface area contributed by atoms with Crippen molar-refractivity contribution in [3.05, 3.63) is 150 Å². The number of thioether (sulfide) groups is 1. The minimum atomic E-state index is 0.222. The largest absolute Gasteiger partial charge is 0.505 e. The Kier molecular flexibility index (Phi) is 9.32. The molecule has 2 heterocycles. The number of fused-ring (bicyclic) bond motifs is 6. The van der Waals surface area contributed by atoms with Gasteiger partial charge in [0.15, 0.2) is 0 Å². The van der Waals surface area contributed by atoms with Crippen LogP contribution in [-0.2, 0) is 4.74 Å². The van der Waals surface area contributed by atoms with Gasteiger partial charge in [-0.15, -0.1) is 11.8 Å². The standard InChI is InChI=1S/C50H44N2O3S/c1-31-27-40(38-25-32(2)29-46(48(38)53)51-42-19-9-5-15-34(42)35-16-6-10-20-43(35)51)50(56-24-14-13-23-55-4)41(28-31)39-26-33(3)30-47(49(39)54)52-44-21-11-7-17-36(44)37-18-8-12-22-45(37)52/h5-12,15-22,25-30,53-54H,13-14,23-24H2,1-4H3. The van der Waals surface area contributed by atoms with Crippen LogP contribution in [0.4, 0.5) is 0 Å². The number of rotatable bonds is 10. The van der Waals surface area contributed by atoms with Gasteiger partial charge in [0.25, 0.3) is 0 Å². The molecule has 0 aliphatic heterocycles. The third-order valence-electron chi connectivity index (χ3n) is 10.9. The van der Waals surface area contributed by atoms with Crippen molar-refractivity contribution in [3.63, 3.8) is 0 Å². The number of nitrogens with zero attached hydrogens (tertiary/aromatic N) is 2. The highest BCUT2D eigenvalue weighted by Gasteiger charge is 2.24. The van der Waals surface area contributed by atoms with Gasteiger partial charge in [-0.05, 0) is 116 Å². The van der Waals surface area contributed by atoms with E-state index in [1.807, 2.05) is 0 Å². The second kappa shape index (κ2) is 14.6. The molecule has 0 atom stereocenters. The summed E-state index contributed by atoms with van der Waals surface area (Å²) in [6, 6.07) is 46.3. The van der Waals surface area contributed by atoms with Crippen molar-refractivity contribution < 1.29 is 14.9 Å². The monoisotopic (exact) mass is 752 g/mol. The lowest BCUT2D eigenvalue weighted by Gasteiger charge is -2.22. The van der Waals surface area contributed by atoms with Crippen molar-refractivity contribution in [2.24, 2.45) is 0 Å². The van der Waals surface area contributed by atoms with Gasteiger partial charge in [0, 0.05) is 51.3 Å². The van der Waals surface area contributed by atoms with Crippen LogP contribution in [0.25, 0.3) is 77.2 Å². The van der Waals surface area contributed by atoms with Crippen molar-refractivity contribution in [3.8, 4) is 45.1 Å². The van der Waals surface area contributed by atoms with Crippen LogP contribution in [0.3, 0.4) is 0 Å². The maximum atomic E-state index is 12.5. The highest BCUT2D eigenvalue weighted by molar-refractivity contribution is 7.99. The van der Waals surface area contributed by atoms with E-state index in [0.29, 0.717) is 6.61 Å². The molecule has 0 unspecified atom stereocenters. The highest BCUT2D eigenvalue weighted by atomic mass is 32.2. The number of hydrogen-bond acceptors (Lipinski definition) is 4. The molecule has 0 fully saturated rings. The summed E-state index contributed by atoms with van der Waals surface area (Å²) < 4.78 is 9.77. The summed E-state index contributed by atoms with van der Waals surface area (Å²) in [7, 11) is 1.74. The van der Waals surface area contributed by atoms with Gasteiger partial charge >= 0.3 is 0 Å². The minimum absolute atomic E-state index is 0.222. The van der Waals surface area contributed by atoms with Gasteiger partial charge in [-0.25, -0.2) is 0 Å². The van der Waals surface area contributed by atoms with Crippen LogP contribution in [0.1, 0.15) is 29.5 Å². The Balaban J connectivity index is 1.29. The van der Waals surface area contributed by atoms with Crippen LogP contribution in [0.5, 0.6) is 11.5 Å². The van der Waals surface area contributed by atoms with Gasteiger partial charge in [0.05, 0.1) is 33.4 Å². The molecule has 278 valence electrons. The van der Waals surface area contributed by atoms with Gasteiger partial charge in [0.1, 0.15) is 11.5 Å². The van der Waals surface area contributed by atoms with Crippen LogP contribution in [0, 0.1) is 20.8 Å². The van der Waals surface area contributed by atoms with Gasteiger partial charge in [0.2, 0.25) is 0 Å².